The van der Waals surface area contributed by atoms with Crippen molar-refractivity contribution in [3.63, 3.8) is 0 Å². The van der Waals surface area contributed by atoms with Gasteiger partial charge in [0.05, 0.1) is 5.69 Å². The zero-order chi connectivity index (χ0) is 18.8. The molecule has 134 valence electrons. The summed E-state index contributed by atoms with van der Waals surface area (Å²) in [4.78, 5) is 12.7. The van der Waals surface area contributed by atoms with Gasteiger partial charge in [0.2, 0.25) is 0 Å². The molecular weight excluding hydrogens is 400 g/mol. The second-order valence-electron chi connectivity index (χ2n) is 5.53. The minimum atomic E-state index is -0.857. The van der Waals surface area contributed by atoms with E-state index >= 15 is 0 Å². The number of hydrogen-bond donors (Lipinski definition) is 1. The molecule has 0 aliphatic heterocycles. The molecule has 0 spiro atoms. The van der Waals surface area contributed by atoms with Gasteiger partial charge in [-0.25, -0.2) is 4.39 Å². The highest BCUT2D eigenvalue weighted by molar-refractivity contribution is 6.35. The van der Waals surface area contributed by atoms with Crippen molar-refractivity contribution in [1.29, 1.82) is 0 Å². The van der Waals surface area contributed by atoms with Crippen LogP contribution >= 0.6 is 34.8 Å². The second kappa shape index (κ2) is 7.66. The molecule has 0 saturated heterocycles. The molecule has 26 heavy (non-hydrogen) atoms. The summed E-state index contributed by atoms with van der Waals surface area (Å²) in [7, 11) is 1.53. The van der Waals surface area contributed by atoms with Gasteiger partial charge in [0, 0.05) is 28.3 Å². The molecular formula is C18H13Cl3FN3O. The first-order chi connectivity index (χ1) is 12.4. The Bertz CT molecular complexity index is 968. The predicted molar refractivity (Wildman–Crippen MR) is 103 cm³/mol. The summed E-state index contributed by atoms with van der Waals surface area (Å²) in [5.74, 6) is -0.545. The van der Waals surface area contributed by atoms with E-state index in [2.05, 4.69) is 10.4 Å². The Balaban J connectivity index is 2.01. The third-order valence-electron chi connectivity index (χ3n) is 3.83. The van der Waals surface area contributed by atoms with Gasteiger partial charge in [0.15, 0.2) is 5.15 Å². The monoisotopic (exact) mass is 411 g/mol. The molecule has 0 fully saturated rings. The number of benzene rings is 2. The van der Waals surface area contributed by atoms with Crippen LogP contribution in [0, 0.1) is 0 Å². The number of nitrogens with zero attached hydrogens (tertiary/aromatic N) is 2. The average Bonchev–Trinajstić information content (AvgIpc) is 2.87. The SMILES string of the molecule is Cn1nc(Cl)c(C(=O)Nc2ccccc2-c2cc(Cl)cc(Cl)c2)c1CF. The summed E-state index contributed by atoms with van der Waals surface area (Å²) in [6.45, 7) is -0.857. The van der Waals surface area contributed by atoms with Crippen LogP contribution in [0.2, 0.25) is 15.2 Å². The second-order valence-corrected chi connectivity index (χ2v) is 6.76. The first kappa shape index (κ1) is 18.7. The molecule has 4 nitrogen and oxygen atoms in total. The fraction of sp³-hybridized carbons (Fsp3) is 0.111. The Kier molecular flexibility index (Phi) is 5.51. The third-order valence-corrected chi connectivity index (χ3v) is 4.53. The first-order valence-electron chi connectivity index (χ1n) is 7.55. The summed E-state index contributed by atoms with van der Waals surface area (Å²) < 4.78 is 14.5. The number of nitrogens with one attached hydrogen (secondary N) is 1. The van der Waals surface area contributed by atoms with Gasteiger partial charge in [-0.15, -0.1) is 0 Å². The molecule has 1 aromatic heterocycles. The van der Waals surface area contributed by atoms with E-state index in [-0.39, 0.29) is 16.4 Å². The Hall–Kier alpha value is -2.08. The molecule has 0 bridgehead atoms. The van der Waals surface area contributed by atoms with Gasteiger partial charge in [0.1, 0.15) is 12.2 Å². The van der Waals surface area contributed by atoms with Crippen LogP contribution in [0.25, 0.3) is 11.1 Å². The Labute approximate surface area is 164 Å². The number of rotatable bonds is 4. The van der Waals surface area contributed by atoms with Gasteiger partial charge >= 0.3 is 0 Å². The highest BCUT2D eigenvalue weighted by atomic mass is 35.5. The van der Waals surface area contributed by atoms with Gasteiger partial charge < -0.3 is 5.32 Å². The van der Waals surface area contributed by atoms with E-state index < -0.39 is 12.6 Å². The molecule has 0 radical (unpaired) electrons. The fourth-order valence-electron chi connectivity index (χ4n) is 2.64. The van der Waals surface area contributed by atoms with E-state index in [0.717, 1.165) is 5.56 Å². The maximum atomic E-state index is 13.3. The number of aromatic nitrogens is 2. The summed E-state index contributed by atoms with van der Waals surface area (Å²) in [5.41, 5.74) is 2.08. The number of alkyl halides is 1. The normalized spacial score (nSPS) is 10.8. The maximum Gasteiger partial charge on any atom is 0.260 e. The van der Waals surface area contributed by atoms with E-state index in [1.54, 1.807) is 30.3 Å². The van der Waals surface area contributed by atoms with E-state index in [4.69, 9.17) is 34.8 Å². The van der Waals surface area contributed by atoms with Crippen molar-refractivity contribution >= 4 is 46.4 Å². The molecule has 1 heterocycles. The summed E-state index contributed by atoms with van der Waals surface area (Å²) >= 11 is 18.1. The predicted octanol–water partition coefficient (Wildman–Crippen LogP) is 5.77. The number of amides is 1. The lowest BCUT2D eigenvalue weighted by molar-refractivity contribution is 0.102. The van der Waals surface area contributed by atoms with Crippen molar-refractivity contribution in [2.45, 2.75) is 6.67 Å². The minimum Gasteiger partial charge on any atom is -0.321 e. The number of anilines is 1. The van der Waals surface area contributed by atoms with Gasteiger partial charge in [-0.05, 0) is 29.8 Å². The molecule has 8 heteroatoms. The molecule has 0 aliphatic rings. The lowest BCUT2D eigenvalue weighted by Gasteiger charge is -2.12. The minimum absolute atomic E-state index is 0.00981. The highest BCUT2D eigenvalue weighted by Gasteiger charge is 2.22. The van der Waals surface area contributed by atoms with Gasteiger partial charge in [-0.1, -0.05) is 53.0 Å². The lowest BCUT2D eigenvalue weighted by atomic mass is 10.0. The highest BCUT2D eigenvalue weighted by Crippen LogP contribution is 2.33. The molecule has 0 aliphatic carbocycles. The largest absolute Gasteiger partial charge is 0.321 e. The van der Waals surface area contributed by atoms with Crippen molar-refractivity contribution in [1.82, 2.24) is 9.78 Å². The van der Waals surface area contributed by atoms with Crippen molar-refractivity contribution < 1.29 is 9.18 Å². The number of halogens is 4. The maximum absolute atomic E-state index is 13.3. The standard InChI is InChI=1S/C18H13Cl3FN3O/c1-25-15(9-22)16(17(21)24-25)18(26)23-14-5-3-2-4-13(14)10-6-11(19)8-12(20)7-10/h2-8H,9H2,1H3,(H,23,26). The average molecular weight is 413 g/mol. The quantitative estimate of drug-likeness (QED) is 0.591. The van der Waals surface area contributed by atoms with Crippen molar-refractivity contribution in [3.05, 3.63) is 68.9 Å². The molecule has 3 aromatic rings. The van der Waals surface area contributed by atoms with Crippen LogP contribution in [0.5, 0.6) is 0 Å². The number of para-hydroxylation sites is 1. The van der Waals surface area contributed by atoms with Gasteiger partial charge in [-0.2, -0.15) is 5.10 Å². The van der Waals surface area contributed by atoms with Crippen LogP contribution < -0.4 is 5.32 Å². The Morgan fingerprint density at radius 2 is 1.81 bits per heavy atom. The fourth-order valence-corrected chi connectivity index (χ4v) is 3.47. The number of aryl methyl sites for hydroxylation is 1. The smallest absolute Gasteiger partial charge is 0.260 e. The number of carbonyl (C=O) groups excluding carboxylic acids is 1. The Morgan fingerprint density at radius 3 is 2.46 bits per heavy atom. The van der Waals surface area contributed by atoms with Crippen molar-refractivity contribution in [2.75, 3.05) is 5.32 Å². The van der Waals surface area contributed by atoms with E-state index in [1.807, 2.05) is 12.1 Å². The molecule has 0 saturated carbocycles. The zero-order valence-electron chi connectivity index (χ0n) is 13.6. The van der Waals surface area contributed by atoms with Crippen LogP contribution in [0.1, 0.15) is 16.1 Å². The summed E-state index contributed by atoms with van der Waals surface area (Å²) in [6, 6.07) is 12.2. The molecule has 2 aromatic carbocycles. The van der Waals surface area contributed by atoms with Crippen LogP contribution in [0.4, 0.5) is 10.1 Å². The molecule has 1 amide bonds. The summed E-state index contributed by atoms with van der Waals surface area (Å²) in [6.07, 6.45) is 0. The zero-order valence-corrected chi connectivity index (χ0v) is 15.8. The van der Waals surface area contributed by atoms with Crippen LogP contribution in [0.15, 0.2) is 42.5 Å². The van der Waals surface area contributed by atoms with Gasteiger partial charge in [-0.3, -0.25) is 9.48 Å². The molecule has 0 unspecified atom stereocenters. The number of carbonyl (C=O) groups is 1. The van der Waals surface area contributed by atoms with Crippen LogP contribution in [-0.4, -0.2) is 15.7 Å². The third kappa shape index (κ3) is 3.70. The topological polar surface area (TPSA) is 46.9 Å². The van der Waals surface area contributed by atoms with Gasteiger partial charge in [0.25, 0.3) is 5.91 Å². The van der Waals surface area contributed by atoms with E-state index in [1.165, 1.54) is 11.7 Å². The Morgan fingerprint density at radius 1 is 1.15 bits per heavy atom. The molecule has 1 N–H and O–H groups in total. The van der Waals surface area contributed by atoms with E-state index in [0.29, 0.717) is 21.3 Å². The van der Waals surface area contributed by atoms with E-state index in [9.17, 15) is 9.18 Å². The van der Waals surface area contributed by atoms with Crippen LogP contribution in [0.3, 0.4) is 0 Å². The first-order valence-corrected chi connectivity index (χ1v) is 8.68. The van der Waals surface area contributed by atoms with Crippen LogP contribution in [-0.2, 0) is 13.7 Å². The molecule has 3 rings (SSSR count). The summed E-state index contributed by atoms with van der Waals surface area (Å²) in [5, 5.41) is 7.55. The van der Waals surface area contributed by atoms with Crippen molar-refractivity contribution in [2.24, 2.45) is 7.05 Å². The lowest BCUT2D eigenvalue weighted by Crippen LogP contribution is -2.15. The molecule has 0 atom stereocenters. The van der Waals surface area contributed by atoms with Crippen molar-refractivity contribution in [3.8, 4) is 11.1 Å². The number of hydrogen-bond acceptors (Lipinski definition) is 2.